The first kappa shape index (κ1) is 14.4. The number of carbonyl (C=O) groups excluding carboxylic acids is 1. The lowest BCUT2D eigenvalue weighted by atomic mass is 10.3. The van der Waals surface area contributed by atoms with Crippen LogP contribution in [0.3, 0.4) is 0 Å². The third kappa shape index (κ3) is 4.28. The minimum absolute atomic E-state index is 0.0545. The van der Waals surface area contributed by atoms with Gasteiger partial charge in [0.15, 0.2) is 0 Å². The molecule has 0 radical (unpaired) electrons. The fourth-order valence-electron chi connectivity index (χ4n) is 1.66. The van der Waals surface area contributed by atoms with E-state index in [-0.39, 0.29) is 5.91 Å². The van der Waals surface area contributed by atoms with Gasteiger partial charge in [-0.1, -0.05) is 6.07 Å². The summed E-state index contributed by atoms with van der Waals surface area (Å²) in [6.45, 7) is 1.50. The Bertz CT molecular complexity index is 567. The smallest absolute Gasteiger partial charge is 0.221 e. The quantitative estimate of drug-likeness (QED) is 0.828. The Kier molecular flexibility index (Phi) is 5.01. The molecule has 0 unspecified atom stereocenters. The molecular formula is C15H17N3OS. The van der Waals surface area contributed by atoms with Crippen molar-refractivity contribution in [1.29, 1.82) is 0 Å². The molecular weight excluding hydrogens is 270 g/mol. The van der Waals surface area contributed by atoms with E-state index in [2.05, 4.69) is 21.7 Å². The summed E-state index contributed by atoms with van der Waals surface area (Å²) in [6, 6.07) is 11.9. The van der Waals surface area contributed by atoms with Crippen LogP contribution in [0.4, 0.5) is 11.5 Å². The van der Waals surface area contributed by atoms with E-state index < -0.39 is 0 Å². The highest BCUT2D eigenvalue weighted by Crippen LogP contribution is 2.24. The van der Waals surface area contributed by atoms with Crippen molar-refractivity contribution in [1.82, 2.24) is 4.98 Å². The van der Waals surface area contributed by atoms with Crippen molar-refractivity contribution < 1.29 is 4.79 Å². The van der Waals surface area contributed by atoms with Crippen molar-refractivity contribution in [3.63, 3.8) is 0 Å². The Morgan fingerprint density at radius 1 is 1.20 bits per heavy atom. The molecule has 1 heterocycles. The number of hydrogen-bond acceptors (Lipinski definition) is 4. The van der Waals surface area contributed by atoms with E-state index in [0.29, 0.717) is 0 Å². The molecule has 1 amide bonds. The van der Waals surface area contributed by atoms with Crippen LogP contribution in [0.2, 0.25) is 0 Å². The Hall–Kier alpha value is -2.01. The number of hydrogen-bond donors (Lipinski definition) is 2. The molecule has 0 bridgehead atoms. The van der Waals surface area contributed by atoms with Gasteiger partial charge in [-0.25, -0.2) is 4.98 Å². The number of anilines is 2. The summed E-state index contributed by atoms with van der Waals surface area (Å²) in [5.41, 5.74) is 2.00. The summed E-state index contributed by atoms with van der Waals surface area (Å²) in [5, 5.41) is 5.75. The molecule has 104 valence electrons. The topological polar surface area (TPSA) is 54.0 Å². The number of aromatic nitrogens is 1. The molecule has 0 spiro atoms. The Labute approximate surface area is 123 Å². The summed E-state index contributed by atoms with van der Waals surface area (Å²) < 4.78 is 0. The summed E-state index contributed by atoms with van der Waals surface area (Å²) in [5.74, 6) is 1.69. The molecule has 0 aliphatic carbocycles. The lowest BCUT2D eigenvalue weighted by Crippen LogP contribution is -2.05. The third-order valence-electron chi connectivity index (χ3n) is 2.66. The first-order chi connectivity index (χ1) is 9.67. The van der Waals surface area contributed by atoms with Crippen molar-refractivity contribution in [3.8, 4) is 0 Å². The van der Waals surface area contributed by atoms with Crippen LogP contribution in [-0.2, 0) is 10.5 Å². The number of benzene rings is 1. The summed E-state index contributed by atoms with van der Waals surface area (Å²) >= 11 is 1.74. The van der Waals surface area contributed by atoms with E-state index in [1.165, 1.54) is 12.5 Å². The minimum atomic E-state index is -0.0545. The SMILES string of the molecule is CNc1ccc(CSc2ccc(NC(C)=O)cc2)cn1. The zero-order valence-corrected chi connectivity index (χ0v) is 12.3. The van der Waals surface area contributed by atoms with Crippen LogP contribution < -0.4 is 10.6 Å². The number of thioether (sulfide) groups is 1. The van der Waals surface area contributed by atoms with Gasteiger partial charge in [-0.2, -0.15) is 0 Å². The highest BCUT2D eigenvalue weighted by Gasteiger charge is 1.99. The lowest BCUT2D eigenvalue weighted by Gasteiger charge is -2.05. The van der Waals surface area contributed by atoms with Crippen molar-refractivity contribution in [2.24, 2.45) is 0 Å². The van der Waals surface area contributed by atoms with Crippen LogP contribution in [0.5, 0.6) is 0 Å². The number of carbonyl (C=O) groups is 1. The monoisotopic (exact) mass is 287 g/mol. The lowest BCUT2D eigenvalue weighted by molar-refractivity contribution is -0.114. The molecule has 0 saturated carbocycles. The predicted molar refractivity (Wildman–Crippen MR) is 84.1 cm³/mol. The molecule has 1 aromatic heterocycles. The molecule has 2 rings (SSSR count). The van der Waals surface area contributed by atoms with Crippen molar-refractivity contribution in [2.45, 2.75) is 17.6 Å². The van der Waals surface area contributed by atoms with Crippen molar-refractivity contribution in [3.05, 3.63) is 48.2 Å². The van der Waals surface area contributed by atoms with E-state index in [9.17, 15) is 4.79 Å². The van der Waals surface area contributed by atoms with Crippen LogP contribution in [-0.4, -0.2) is 17.9 Å². The Morgan fingerprint density at radius 2 is 1.95 bits per heavy atom. The fraction of sp³-hybridized carbons (Fsp3) is 0.200. The van der Waals surface area contributed by atoms with Gasteiger partial charge in [-0.3, -0.25) is 4.79 Å². The van der Waals surface area contributed by atoms with Gasteiger partial charge in [0.25, 0.3) is 0 Å². The van der Waals surface area contributed by atoms with E-state index in [1.54, 1.807) is 11.8 Å². The zero-order chi connectivity index (χ0) is 14.4. The minimum Gasteiger partial charge on any atom is -0.373 e. The van der Waals surface area contributed by atoms with Crippen LogP contribution in [0.15, 0.2) is 47.5 Å². The maximum atomic E-state index is 10.9. The number of nitrogens with one attached hydrogen (secondary N) is 2. The second-order valence-corrected chi connectivity index (χ2v) is 5.34. The number of amides is 1. The van der Waals surface area contributed by atoms with E-state index in [4.69, 9.17) is 0 Å². The first-order valence-corrected chi connectivity index (χ1v) is 7.29. The molecule has 0 aliphatic rings. The molecule has 0 atom stereocenters. The molecule has 2 N–H and O–H groups in total. The number of rotatable bonds is 5. The molecule has 4 nitrogen and oxygen atoms in total. The first-order valence-electron chi connectivity index (χ1n) is 6.30. The maximum absolute atomic E-state index is 10.9. The van der Waals surface area contributed by atoms with Crippen LogP contribution in [0.25, 0.3) is 0 Å². The molecule has 5 heteroatoms. The van der Waals surface area contributed by atoms with E-state index in [0.717, 1.165) is 22.2 Å². The Balaban J connectivity index is 1.91. The summed E-state index contributed by atoms with van der Waals surface area (Å²) in [4.78, 5) is 16.4. The van der Waals surface area contributed by atoms with Gasteiger partial charge in [0.2, 0.25) is 5.91 Å². The Morgan fingerprint density at radius 3 is 2.50 bits per heavy atom. The van der Waals surface area contributed by atoms with E-state index in [1.807, 2.05) is 43.6 Å². The zero-order valence-electron chi connectivity index (χ0n) is 11.5. The van der Waals surface area contributed by atoms with Gasteiger partial charge in [0.1, 0.15) is 5.82 Å². The summed E-state index contributed by atoms with van der Waals surface area (Å²) in [7, 11) is 1.85. The standard InChI is InChI=1S/C15H17N3OS/c1-11(19)18-13-4-6-14(7-5-13)20-10-12-3-8-15(16-2)17-9-12/h3-9H,10H2,1-2H3,(H,16,17)(H,18,19). The van der Waals surface area contributed by atoms with E-state index >= 15 is 0 Å². The number of pyridine rings is 1. The molecule has 2 aromatic rings. The van der Waals surface area contributed by atoms with Gasteiger partial charge in [0, 0.05) is 36.5 Å². The molecule has 0 saturated heterocycles. The molecule has 20 heavy (non-hydrogen) atoms. The van der Waals surface area contributed by atoms with Gasteiger partial charge < -0.3 is 10.6 Å². The van der Waals surface area contributed by atoms with Gasteiger partial charge >= 0.3 is 0 Å². The van der Waals surface area contributed by atoms with Crippen LogP contribution in [0, 0.1) is 0 Å². The molecule has 0 fully saturated rings. The molecule has 1 aromatic carbocycles. The highest BCUT2D eigenvalue weighted by atomic mass is 32.2. The van der Waals surface area contributed by atoms with Crippen molar-refractivity contribution in [2.75, 3.05) is 17.7 Å². The van der Waals surface area contributed by atoms with Gasteiger partial charge in [-0.15, -0.1) is 11.8 Å². The van der Waals surface area contributed by atoms with Crippen LogP contribution >= 0.6 is 11.8 Å². The third-order valence-corrected chi connectivity index (χ3v) is 3.74. The summed E-state index contributed by atoms with van der Waals surface area (Å²) in [6.07, 6.45) is 1.88. The second-order valence-electron chi connectivity index (χ2n) is 4.30. The maximum Gasteiger partial charge on any atom is 0.221 e. The highest BCUT2D eigenvalue weighted by molar-refractivity contribution is 7.98. The predicted octanol–water partition coefficient (Wildman–Crippen LogP) is 3.37. The average molecular weight is 287 g/mol. The molecule has 0 aliphatic heterocycles. The van der Waals surface area contributed by atoms with Crippen molar-refractivity contribution >= 4 is 29.2 Å². The normalized spacial score (nSPS) is 10.1. The average Bonchev–Trinajstić information content (AvgIpc) is 2.46. The van der Waals surface area contributed by atoms with Gasteiger partial charge in [-0.05, 0) is 35.9 Å². The number of nitrogens with zero attached hydrogens (tertiary/aromatic N) is 1. The largest absolute Gasteiger partial charge is 0.373 e. The fourth-order valence-corrected chi connectivity index (χ4v) is 2.49. The van der Waals surface area contributed by atoms with Crippen LogP contribution in [0.1, 0.15) is 12.5 Å². The van der Waals surface area contributed by atoms with Gasteiger partial charge in [0.05, 0.1) is 0 Å². The second kappa shape index (κ2) is 6.96.